The third-order valence-electron chi connectivity index (χ3n) is 4.59. The summed E-state index contributed by atoms with van der Waals surface area (Å²) < 4.78 is 7.14. The number of thiophene rings is 1. The van der Waals surface area contributed by atoms with Crippen molar-refractivity contribution in [3.8, 4) is 10.6 Å². The number of aromatic nitrogens is 3. The van der Waals surface area contributed by atoms with Crippen molar-refractivity contribution in [3.05, 3.63) is 29.4 Å². The molecule has 10 nitrogen and oxygen atoms in total. The van der Waals surface area contributed by atoms with E-state index in [-0.39, 0.29) is 22.4 Å². The van der Waals surface area contributed by atoms with Crippen LogP contribution in [0.3, 0.4) is 0 Å². The third kappa shape index (κ3) is 2.59. The molecule has 4 heterocycles. The minimum Gasteiger partial charge on any atom is -0.394 e. The minimum atomic E-state index is -1.37. The van der Waals surface area contributed by atoms with Crippen molar-refractivity contribution >= 4 is 34.1 Å². The van der Waals surface area contributed by atoms with Crippen LogP contribution in [-0.4, -0.2) is 60.7 Å². The molecule has 0 radical (unpaired) electrons. The molecule has 0 aromatic carbocycles. The molecule has 1 saturated heterocycles. The fourth-order valence-corrected chi connectivity index (χ4v) is 4.17. The number of primary amides is 1. The molecule has 1 fully saturated rings. The highest BCUT2D eigenvalue weighted by atomic mass is 32.1. The summed E-state index contributed by atoms with van der Waals surface area (Å²) in [5.74, 6) is -0.688. The molecular formula is C16H17N5O5S. The topological polar surface area (TPSA) is 170 Å². The van der Waals surface area contributed by atoms with Gasteiger partial charge in [-0.15, -0.1) is 11.3 Å². The molecule has 4 rings (SSSR count). The van der Waals surface area contributed by atoms with Crippen LogP contribution in [0.15, 0.2) is 23.8 Å². The van der Waals surface area contributed by atoms with Gasteiger partial charge >= 0.3 is 0 Å². The van der Waals surface area contributed by atoms with Gasteiger partial charge < -0.3 is 31.5 Å². The summed E-state index contributed by atoms with van der Waals surface area (Å²) in [6.45, 7) is -0.484. The second-order valence-electron chi connectivity index (χ2n) is 6.12. The molecule has 3 aromatic rings. The van der Waals surface area contributed by atoms with Gasteiger partial charge in [0.15, 0.2) is 6.23 Å². The van der Waals surface area contributed by atoms with Crippen molar-refractivity contribution in [2.45, 2.75) is 24.5 Å². The number of ether oxygens (including phenoxy) is 1. The van der Waals surface area contributed by atoms with Gasteiger partial charge in [0.25, 0.3) is 5.91 Å². The fraction of sp³-hybridized carbons (Fsp3) is 0.312. The lowest BCUT2D eigenvalue weighted by atomic mass is 10.1. The first-order valence-electron chi connectivity index (χ1n) is 8.06. The lowest BCUT2D eigenvalue weighted by molar-refractivity contribution is -0.0501. The first-order chi connectivity index (χ1) is 13.0. The summed E-state index contributed by atoms with van der Waals surface area (Å²) in [6, 6.07) is 3.56. The van der Waals surface area contributed by atoms with E-state index < -0.39 is 37.1 Å². The molecular weight excluding hydrogens is 374 g/mol. The largest absolute Gasteiger partial charge is 0.394 e. The maximum Gasteiger partial charge on any atom is 0.251 e. The van der Waals surface area contributed by atoms with Gasteiger partial charge in [-0.1, -0.05) is 6.07 Å². The summed E-state index contributed by atoms with van der Waals surface area (Å²) in [4.78, 5) is 21.1. The van der Waals surface area contributed by atoms with Gasteiger partial charge in [-0.25, -0.2) is 9.97 Å². The van der Waals surface area contributed by atoms with Crippen molar-refractivity contribution < 1.29 is 24.9 Å². The van der Waals surface area contributed by atoms with E-state index in [0.717, 1.165) is 0 Å². The monoisotopic (exact) mass is 391 g/mol. The summed E-state index contributed by atoms with van der Waals surface area (Å²) in [6.07, 6.45) is -3.56. The molecule has 11 heteroatoms. The molecule has 3 aromatic heterocycles. The number of fused-ring (bicyclic) bond motifs is 1. The second kappa shape index (κ2) is 6.55. The molecule has 0 aliphatic carbocycles. The second-order valence-corrected chi connectivity index (χ2v) is 7.07. The normalized spacial score (nSPS) is 25.3. The number of carbonyl (C=O) groups excluding carboxylic acids is 1. The number of hydrogen-bond donors (Lipinski definition) is 5. The third-order valence-corrected chi connectivity index (χ3v) is 5.46. The van der Waals surface area contributed by atoms with Crippen LogP contribution in [0.4, 0.5) is 5.82 Å². The van der Waals surface area contributed by atoms with Gasteiger partial charge in [0, 0.05) is 0 Å². The van der Waals surface area contributed by atoms with Crippen LogP contribution in [0.1, 0.15) is 16.6 Å². The van der Waals surface area contributed by atoms with Gasteiger partial charge in [-0.05, 0) is 11.4 Å². The highest BCUT2D eigenvalue weighted by Gasteiger charge is 2.45. The van der Waals surface area contributed by atoms with Gasteiger partial charge in [0.2, 0.25) is 0 Å². The van der Waals surface area contributed by atoms with E-state index in [1.807, 2.05) is 5.38 Å². The number of nitrogens with two attached hydrogens (primary N) is 2. The van der Waals surface area contributed by atoms with Gasteiger partial charge in [-0.2, -0.15) is 0 Å². The molecule has 7 N–H and O–H groups in total. The van der Waals surface area contributed by atoms with Crippen LogP contribution in [0.25, 0.3) is 21.6 Å². The number of aliphatic hydroxyl groups excluding tert-OH is 3. The first kappa shape index (κ1) is 17.8. The number of hydrogen-bond acceptors (Lipinski definition) is 9. The van der Waals surface area contributed by atoms with E-state index in [4.69, 9.17) is 16.2 Å². The Morgan fingerprint density at radius 3 is 2.70 bits per heavy atom. The zero-order valence-electron chi connectivity index (χ0n) is 13.9. The molecule has 1 amide bonds. The SMILES string of the molecule is NC(=O)c1c(-c2cccs2)n([C@H]2O[C@@H](CO)[C@@H](O)[C@@H]2O)c2ncnc(N)c12. The lowest BCUT2D eigenvalue weighted by Crippen LogP contribution is -2.33. The van der Waals surface area contributed by atoms with E-state index in [0.29, 0.717) is 10.6 Å². The van der Waals surface area contributed by atoms with Crippen molar-refractivity contribution in [1.82, 2.24) is 14.5 Å². The van der Waals surface area contributed by atoms with E-state index in [1.165, 1.54) is 22.2 Å². The van der Waals surface area contributed by atoms with E-state index in [2.05, 4.69) is 9.97 Å². The maximum absolute atomic E-state index is 12.3. The number of anilines is 1. The van der Waals surface area contributed by atoms with E-state index >= 15 is 0 Å². The van der Waals surface area contributed by atoms with Crippen LogP contribution in [0.2, 0.25) is 0 Å². The molecule has 0 spiro atoms. The first-order valence-corrected chi connectivity index (χ1v) is 8.94. The Kier molecular flexibility index (Phi) is 4.32. The van der Waals surface area contributed by atoms with Gasteiger partial charge in [0.05, 0.1) is 28.1 Å². The van der Waals surface area contributed by atoms with Crippen molar-refractivity contribution in [2.24, 2.45) is 5.73 Å². The number of rotatable bonds is 4. The highest BCUT2D eigenvalue weighted by molar-refractivity contribution is 7.13. The number of carbonyl (C=O) groups is 1. The Hall–Kier alpha value is -2.57. The molecule has 0 bridgehead atoms. The van der Waals surface area contributed by atoms with Crippen LogP contribution < -0.4 is 11.5 Å². The van der Waals surface area contributed by atoms with Crippen molar-refractivity contribution in [2.75, 3.05) is 12.3 Å². The quantitative estimate of drug-likeness (QED) is 0.394. The average Bonchev–Trinajstić information content (AvgIpc) is 3.33. The number of nitrogen functional groups attached to an aromatic ring is 1. The Bertz CT molecular complexity index is 1000. The van der Waals surface area contributed by atoms with Crippen molar-refractivity contribution in [3.63, 3.8) is 0 Å². The zero-order valence-corrected chi connectivity index (χ0v) is 14.7. The Labute approximate surface area is 156 Å². The predicted octanol–water partition coefficient (Wildman–Crippen LogP) is -0.548. The lowest BCUT2D eigenvalue weighted by Gasteiger charge is -2.20. The van der Waals surface area contributed by atoms with Crippen LogP contribution in [0, 0.1) is 0 Å². The zero-order chi connectivity index (χ0) is 19.3. The maximum atomic E-state index is 12.3. The van der Waals surface area contributed by atoms with Crippen LogP contribution >= 0.6 is 11.3 Å². The Balaban J connectivity index is 2.07. The van der Waals surface area contributed by atoms with Gasteiger partial charge in [-0.3, -0.25) is 9.36 Å². The fourth-order valence-electron chi connectivity index (χ4n) is 3.39. The molecule has 1 aliphatic heterocycles. The molecule has 4 atom stereocenters. The van der Waals surface area contributed by atoms with E-state index in [1.54, 1.807) is 12.1 Å². The highest BCUT2D eigenvalue weighted by Crippen LogP contribution is 2.42. The number of amides is 1. The minimum absolute atomic E-state index is 0.0529. The molecule has 27 heavy (non-hydrogen) atoms. The summed E-state index contributed by atoms with van der Waals surface area (Å²) >= 11 is 1.34. The standard InChI is InChI=1S/C16H17N5O5S/c17-13-9-8(14(18)25)10(7-2-1-3-27-7)21(15(9)20-5-19-13)16-12(24)11(23)6(4-22)26-16/h1-3,5-6,11-12,16,22-24H,4H2,(H2,18,25)(H2,17,19,20)/t6-,11+,12-,16-/m0/s1. The van der Waals surface area contributed by atoms with E-state index in [9.17, 15) is 20.1 Å². The van der Waals surface area contributed by atoms with Gasteiger partial charge in [0.1, 0.15) is 36.1 Å². The summed E-state index contributed by atoms with van der Waals surface area (Å²) in [5.41, 5.74) is 12.3. The smallest absolute Gasteiger partial charge is 0.251 e. The average molecular weight is 391 g/mol. The molecule has 142 valence electrons. The molecule has 0 unspecified atom stereocenters. The van der Waals surface area contributed by atoms with Crippen LogP contribution in [0.5, 0.6) is 0 Å². The van der Waals surface area contributed by atoms with Crippen LogP contribution in [-0.2, 0) is 4.74 Å². The number of aliphatic hydroxyl groups is 3. The molecule has 0 saturated carbocycles. The predicted molar refractivity (Wildman–Crippen MR) is 96.8 cm³/mol. The summed E-state index contributed by atoms with van der Waals surface area (Å²) in [5, 5.41) is 32.1. The molecule has 1 aliphatic rings. The Morgan fingerprint density at radius 1 is 1.33 bits per heavy atom. The number of nitrogens with zero attached hydrogens (tertiary/aromatic N) is 3. The summed E-state index contributed by atoms with van der Waals surface area (Å²) in [7, 11) is 0. The van der Waals surface area contributed by atoms with Crippen molar-refractivity contribution in [1.29, 1.82) is 0 Å². The Morgan fingerprint density at radius 2 is 2.11 bits per heavy atom.